The fraction of sp³-hybridized carbons (Fsp3) is 0.303. The lowest BCUT2D eigenvalue weighted by molar-refractivity contribution is 0.0696. The fourth-order valence-electron chi connectivity index (χ4n) is 5.48. The SMILES string of the molecule is O=C(NC(CCN1CCN(c2ccc(C(=O)O)cc2)CC1)(Cc1ccccc1)Cc1ccccc1)OCc1cncs1. The summed E-state index contributed by atoms with van der Waals surface area (Å²) in [5.41, 5.74) is 4.82. The second-order valence-electron chi connectivity index (χ2n) is 10.7. The highest BCUT2D eigenvalue weighted by atomic mass is 32.1. The summed E-state index contributed by atoms with van der Waals surface area (Å²) in [7, 11) is 0. The molecular formula is C33H36N4O4S. The van der Waals surface area contributed by atoms with Crippen molar-refractivity contribution >= 4 is 29.1 Å². The molecule has 1 fully saturated rings. The van der Waals surface area contributed by atoms with Crippen molar-refractivity contribution in [3.63, 3.8) is 0 Å². The van der Waals surface area contributed by atoms with Gasteiger partial charge < -0.3 is 20.1 Å². The van der Waals surface area contributed by atoms with E-state index in [9.17, 15) is 14.7 Å². The highest BCUT2D eigenvalue weighted by molar-refractivity contribution is 7.09. The van der Waals surface area contributed by atoms with Crippen LogP contribution >= 0.6 is 11.3 Å². The molecule has 9 heteroatoms. The number of aromatic nitrogens is 1. The van der Waals surface area contributed by atoms with Crippen LogP contribution in [0, 0.1) is 0 Å². The molecule has 2 heterocycles. The number of anilines is 1. The minimum Gasteiger partial charge on any atom is -0.478 e. The Labute approximate surface area is 250 Å². The smallest absolute Gasteiger partial charge is 0.407 e. The molecule has 3 aromatic carbocycles. The Bertz CT molecular complexity index is 1370. The maximum atomic E-state index is 13.2. The van der Waals surface area contributed by atoms with Crippen molar-refractivity contribution in [1.82, 2.24) is 15.2 Å². The van der Waals surface area contributed by atoms with Gasteiger partial charge in [0, 0.05) is 44.6 Å². The van der Waals surface area contributed by atoms with Crippen LogP contribution in [0.3, 0.4) is 0 Å². The minimum absolute atomic E-state index is 0.193. The van der Waals surface area contributed by atoms with Gasteiger partial charge in [0.2, 0.25) is 0 Å². The molecule has 1 saturated heterocycles. The van der Waals surface area contributed by atoms with Crippen LogP contribution in [-0.4, -0.2) is 65.3 Å². The van der Waals surface area contributed by atoms with Gasteiger partial charge in [-0.25, -0.2) is 9.59 Å². The number of hydrogen-bond acceptors (Lipinski definition) is 7. The number of nitrogens with one attached hydrogen (secondary N) is 1. The highest BCUT2D eigenvalue weighted by Crippen LogP contribution is 2.26. The number of carboxylic acids is 1. The average Bonchev–Trinajstić information content (AvgIpc) is 3.54. The van der Waals surface area contributed by atoms with Crippen molar-refractivity contribution < 1.29 is 19.4 Å². The Kier molecular flexibility index (Phi) is 9.84. The zero-order valence-electron chi connectivity index (χ0n) is 23.5. The first-order valence-electron chi connectivity index (χ1n) is 14.2. The van der Waals surface area contributed by atoms with Crippen LogP contribution in [0.1, 0.15) is 32.8 Å². The van der Waals surface area contributed by atoms with Crippen molar-refractivity contribution in [2.75, 3.05) is 37.6 Å². The number of carbonyl (C=O) groups excluding carboxylic acids is 1. The van der Waals surface area contributed by atoms with Gasteiger partial charge in [-0.2, -0.15) is 0 Å². The summed E-state index contributed by atoms with van der Waals surface area (Å²) in [6.45, 7) is 4.47. The molecule has 0 bridgehead atoms. The lowest BCUT2D eigenvalue weighted by atomic mass is 9.81. The predicted molar refractivity (Wildman–Crippen MR) is 165 cm³/mol. The Morgan fingerprint density at radius 2 is 1.50 bits per heavy atom. The van der Waals surface area contributed by atoms with Crippen LogP contribution in [-0.2, 0) is 24.2 Å². The van der Waals surface area contributed by atoms with E-state index in [1.807, 2.05) is 48.5 Å². The molecule has 0 unspecified atom stereocenters. The zero-order chi connectivity index (χ0) is 29.2. The highest BCUT2D eigenvalue weighted by Gasteiger charge is 2.34. The third-order valence-electron chi connectivity index (χ3n) is 7.73. The van der Waals surface area contributed by atoms with Gasteiger partial charge in [0.05, 0.1) is 21.5 Å². The molecule has 8 nitrogen and oxygen atoms in total. The molecule has 0 saturated carbocycles. The summed E-state index contributed by atoms with van der Waals surface area (Å²) >= 11 is 1.46. The number of piperazine rings is 1. The summed E-state index contributed by atoms with van der Waals surface area (Å²) in [4.78, 5) is 34.2. The number of nitrogens with zero attached hydrogens (tertiary/aromatic N) is 3. The molecule has 1 aliphatic rings. The molecule has 5 rings (SSSR count). The molecule has 2 N–H and O–H groups in total. The van der Waals surface area contributed by atoms with E-state index in [2.05, 4.69) is 44.4 Å². The molecule has 0 aliphatic carbocycles. The lowest BCUT2D eigenvalue weighted by Gasteiger charge is -2.40. The van der Waals surface area contributed by atoms with Crippen LogP contribution in [0.5, 0.6) is 0 Å². The van der Waals surface area contributed by atoms with Crippen molar-refractivity contribution in [3.05, 3.63) is 118 Å². The average molecular weight is 585 g/mol. The van der Waals surface area contributed by atoms with E-state index in [1.165, 1.54) is 11.3 Å². The number of aromatic carboxylic acids is 1. The number of thiazole rings is 1. The maximum absolute atomic E-state index is 13.2. The van der Waals surface area contributed by atoms with Crippen LogP contribution in [0.15, 0.2) is 96.6 Å². The third kappa shape index (κ3) is 8.18. The number of benzene rings is 3. The monoisotopic (exact) mass is 584 g/mol. The van der Waals surface area contributed by atoms with Gasteiger partial charge in [-0.15, -0.1) is 11.3 Å². The number of rotatable bonds is 12. The quantitative estimate of drug-likeness (QED) is 0.227. The number of hydrogen-bond donors (Lipinski definition) is 2. The summed E-state index contributed by atoms with van der Waals surface area (Å²) in [6.07, 6.45) is 3.40. The molecule has 0 spiro atoms. The number of amides is 1. The first-order valence-corrected chi connectivity index (χ1v) is 15.1. The second-order valence-corrected chi connectivity index (χ2v) is 11.7. The van der Waals surface area contributed by atoms with E-state index < -0.39 is 17.6 Å². The summed E-state index contributed by atoms with van der Waals surface area (Å²) in [5.74, 6) is -0.915. The summed E-state index contributed by atoms with van der Waals surface area (Å²) in [6, 6.07) is 27.7. The number of ether oxygens (including phenoxy) is 1. The molecule has 4 aromatic rings. The van der Waals surface area contributed by atoms with Crippen LogP contribution in [0.25, 0.3) is 0 Å². The van der Waals surface area contributed by atoms with Gasteiger partial charge in [-0.05, 0) is 54.7 Å². The van der Waals surface area contributed by atoms with E-state index in [0.29, 0.717) is 18.4 Å². The first kappa shape index (κ1) is 29.3. The summed E-state index contributed by atoms with van der Waals surface area (Å²) in [5, 5.41) is 12.5. The largest absolute Gasteiger partial charge is 0.478 e. The second kappa shape index (κ2) is 14.1. The Morgan fingerprint density at radius 1 is 0.881 bits per heavy atom. The standard InChI is InChI=1S/C33H36N4O4S/c38-31(39)28-11-13-29(14-12-28)37-19-17-36(18-20-37)16-15-33(21-26-7-3-1-4-8-26,22-27-9-5-2-6-10-27)35-32(40)41-24-30-23-34-25-42-30/h1-14,23,25H,15-22,24H2,(H,35,40)(H,38,39). The molecular weight excluding hydrogens is 548 g/mol. The van der Waals surface area contributed by atoms with Crippen LogP contribution in [0.4, 0.5) is 10.5 Å². The Morgan fingerprint density at radius 3 is 2.05 bits per heavy atom. The fourth-order valence-corrected chi connectivity index (χ4v) is 5.99. The van der Waals surface area contributed by atoms with E-state index >= 15 is 0 Å². The lowest BCUT2D eigenvalue weighted by Crippen LogP contribution is -2.55. The molecule has 42 heavy (non-hydrogen) atoms. The van der Waals surface area contributed by atoms with Gasteiger partial charge in [0.25, 0.3) is 0 Å². The zero-order valence-corrected chi connectivity index (χ0v) is 24.3. The first-order chi connectivity index (χ1) is 20.5. The van der Waals surface area contributed by atoms with E-state index in [4.69, 9.17) is 4.74 Å². The Hall–Kier alpha value is -4.21. The minimum atomic E-state index is -0.915. The van der Waals surface area contributed by atoms with Crippen LogP contribution < -0.4 is 10.2 Å². The topological polar surface area (TPSA) is 95.0 Å². The predicted octanol–water partition coefficient (Wildman–Crippen LogP) is 5.50. The molecule has 1 aromatic heterocycles. The number of carboxylic acid groups (broad SMARTS) is 1. The molecule has 1 amide bonds. The van der Waals surface area contributed by atoms with E-state index in [-0.39, 0.29) is 6.61 Å². The third-order valence-corrected chi connectivity index (χ3v) is 8.48. The maximum Gasteiger partial charge on any atom is 0.407 e. The molecule has 0 atom stereocenters. The van der Waals surface area contributed by atoms with Crippen molar-refractivity contribution in [1.29, 1.82) is 0 Å². The van der Waals surface area contributed by atoms with Gasteiger partial charge in [0.1, 0.15) is 6.61 Å². The van der Waals surface area contributed by atoms with Crippen LogP contribution in [0.2, 0.25) is 0 Å². The number of alkyl carbamates (subject to hydrolysis) is 1. The van der Waals surface area contributed by atoms with E-state index in [1.54, 1.807) is 23.8 Å². The molecule has 0 radical (unpaired) electrons. The van der Waals surface area contributed by atoms with E-state index in [0.717, 1.165) is 60.8 Å². The normalized spacial score (nSPS) is 14.0. The molecule has 218 valence electrons. The van der Waals surface area contributed by atoms with Crippen molar-refractivity contribution in [3.8, 4) is 0 Å². The Balaban J connectivity index is 1.29. The van der Waals surface area contributed by atoms with Gasteiger partial charge in [-0.1, -0.05) is 60.7 Å². The van der Waals surface area contributed by atoms with Crippen molar-refractivity contribution in [2.24, 2.45) is 0 Å². The van der Waals surface area contributed by atoms with Gasteiger partial charge >= 0.3 is 12.1 Å². The van der Waals surface area contributed by atoms with Gasteiger partial charge in [0.15, 0.2) is 0 Å². The molecule has 1 aliphatic heterocycles. The van der Waals surface area contributed by atoms with Gasteiger partial charge in [-0.3, -0.25) is 9.88 Å². The van der Waals surface area contributed by atoms with Crippen molar-refractivity contribution in [2.45, 2.75) is 31.4 Å². The number of carbonyl (C=O) groups is 2. The summed E-state index contributed by atoms with van der Waals surface area (Å²) < 4.78 is 5.66.